The Balaban J connectivity index is 1.73. The van der Waals surface area contributed by atoms with Crippen LogP contribution in [0.15, 0.2) is 29.9 Å². The number of halogens is 1. The quantitative estimate of drug-likeness (QED) is 0.737. The smallest absolute Gasteiger partial charge is 0.198 e. The molecule has 0 amide bonds. The summed E-state index contributed by atoms with van der Waals surface area (Å²) in [5.74, 6) is 0.936. The highest BCUT2D eigenvalue weighted by Crippen LogP contribution is 2.15. The van der Waals surface area contributed by atoms with Crippen molar-refractivity contribution >= 4 is 28.6 Å². The summed E-state index contributed by atoms with van der Waals surface area (Å²) < 4.78 is 1.91. The van der Waals surface area contributed by atoms with Crippen molar-refractivity contribution in [3.63, 3.8) is 0 Å². The highest BCUT2D eigenvalue weighted by Gasteiger charge is 2.08. The van der Waals surface area contributed by atoms with E-state index in [-0.39, 0.29) is 0 Å². The molecular formula is C12H11ClN4S. The van der Waals surface area contributed by atoms with Gasteiger partial charge in [0.15, 0.2) is 10.8 Å². The molecule has 0 atom stereocenters. The highest BCUT2D eigenvalue weighted by atomic mass is 35.5. The molecule has 0 spiro atoms. The molecule has 3 heterocycles. The minimum atomic E-state index is 0.398. The Hall–Kier alpha value is -1.46. The summed E-state index contributed by atoms with van der Waals surface area (Å²) in [6.45, 7) is 0. The molecule has 0 aliphatic carbocycles. The first kappa shape index (κ1) is 11.6. The van der Waals surface area contributed by atoms with E-state index in [2.05, 4.69) is 32.7 Å². The third-order valence-corrected chi connectivity index (χ3v) is 3.96. The minimum absolute atomic E-state index is 0.398. The van der Waals surface area contributed by atoms with Gasteiger partial charge in [0.05, 0.1) is 0 Å². The normalized spacial score (nSPS) is 11.2. The summed E-state index contributed by atoms with van der Waals surface area (Å²) in [5, 5.41) is 10.7. The molecule has 0 N–H and O–H groups in total. The van der Waals surface area contributed by atoms with E-state index >= 15 is 0 Å². The fourth-order valence-electron chi connectivity index (χ4n) is 1.89. The Morgan fingerprint density at radius 3 is 3.06 bits per heavy atom. The standard InChI is InChI=1S/C12H11ClN4S/c13-11-12-16-15-10(17(12)7-6-14-11)5-1-3-9-4-2-8-18-9/h2,4,6-8H,1,3,5H2. The van der Waals surface area contributed by atoms with E-state index in [0.717, 1.165) is 25.1 Å². The van der Waals surface area contributed by atoms with Gasteiger partial charge in [-0.1, -0.05) is 17.7 Å². The molecule has 0 unspecified atom stereocenters. The molecule has 0 saturated heterocycles. The molecule has 3 rings (SSSR count). The Labute approximate surface area is 113 Å². The molecular weight excluding hydrogens is 268 g/mol. The molecule has 0 saturated carbocycles. The van der Waals surface area contributed by atoms with Crippen LogP contribution in [0.2, 0.25) is 5.15 Å². The van der Waals surface area contributed by atoms with E-state index in [1.165, 1.54) is 4.88 Å². The topological polar surface area (TPSA) is 43.1 Å². The van der Waals surface area contributed by atoms with Crippen molar-refractivity contribution in [2.75, 3.05) is 0 Å². The van der Waals surface area contributed by atoms with E-state index in [0.29, 0.717) is 10.8 Å². The highest BCUT2D eigenvalue weighted by molar-refractivity contribution is 7.09. The van der Waals surface area contributed by atoms with Crippen LogP contribution in [0.25, 0.3) is 5.65 Å². The largest absolute Gasteiger partial charge is 0.282 e. The van der Waals surface area contributed by atoms with E-state index in [1.54, 1.807) is 17.5 Å². The molecule has 3 aromatic rings. The van der Waals surface area contributed by atoms with Crippen LogP contribution in [0, 0.1) is 0 Å². The van der Waals surface area contributed by atoms with Gasteiger partial charge in [-0.15, -0.1) is 21.5 Å². The predicted octanol–water partition coefficient (Wildman–Crippen LogP) is 3.01. The van der Waals surface area contributed by atoms with Crippen LogP contribution in [0.1, 0.15) is 17.1 Å². The number of nitrogens with zero attached hydrogens (tertiary/aromatic N) is 4. The molecule has 92 valence electrons. The van der Waals surface area contributed by atoms with Gasteiger partial charge in [0.2, 0.25) is 0 Å². The summed E-state index contributed by atoms with van der Waals surface area (Å²) >= 11 is 7.75. The van der Waals surface area contributed by atoms with Crippen LogP contribution < -0.4 is 0 Å². The maximum absolute atomic E-state index is 5.95. The van der Waals surface area contributed by atoms with Crippen LogP contribution >= 0.6 is 22.9 Å². The van der Waals surface area contributed by atoms with Crippen molar-refractivity contribution in [2.45, 2.75) is 19.3 Å². The zero-order chi connectivity index (χ0) is 12.4. The molecule has 0 aliphatic rings. The summed E-state index contributed by atoms with van der Waals surface area (Å²) in [6, 6.07) is 4.24. The van der Waals surface area contributed by atoms with Gasteiger partial charge in [-0.05, 0) is 24.3 Å². The van der Waals surface area contributed by atoms with Crippen LogP contribution in [0.4, 0.5) is 0 Å². The fraction of sp³-hybridized carbons (Fsp3) is 0.250. The van der Waals surface area contributed by atoms with Crippen LogP contribution in [0.5, 0.6) is 0 Å². The number of rotatable bonds is 4. The predicted molar refractivity (Wildman–Crippen MR) is 72.1 cm³/mol. The second-order valence-corrected chi connectivity index (χ2v) is 5.35. The van der Waals surface area contributed by atoms with Crippen molar-refractivity contribution in [2.24, 2.45) is 0 Å². The van der Waals surface area contributed by atoms with E-state index in [4.69, 9.17) is 11.6 Å². The average Bonchev–Trinajstić information content (AvgIpc) is 3.00. The lowest BCUT2D eigenvalue weighted by atomic mass is 10.2. The number of aryl methyl sites for hydroxylation is 2. The Morgan fingerprint density at radius 1 is 1.28 bits per heavy atom. The third-order valence-electron chi connectivity index (χ3n) is 2.76. The van der Waals surface area contributed by atoms with Gasteiger partial charge in [-0.3, -0.25) is 4.40 Å². The SMILES string of the molecule is Clc1nccn2c(CCCc3cccs3)nnc12. The van der Waals surface area contributed by atoms with Gasteiger partial charge >= 0.3 is 0 Å². The number of fused-ring (bicyclic) bond motifs is 1. The van der Waals surface area contributed by atoms with Crippen LogP contribution in [-0.4, -0.2) is 19.6 Å². The fourth-order valence-corrected chi connectivity index (χ4v) is 2.83. The second-order valence-electron chi connectivity index (χ2n) is 3.96. The zero-order valence-corrected chi connectivity index (χ0v) is 11.2. The minimum Gasteiger partial charge on any atom is -0.282 e. The lowest BCUT2D eigenvalue weighted by Crippen LogP contribution is -1.96. The molecule has 6 heteroatoms. The van der Waals surface area contributed by atoms with Crippen molar-refractivity contribution in [1.82, 2.24) is 19.6 Å². The van der Waals surface area contributed by atoms with Crippen molar-refractivity contribution in [1.29, 1.82) is 0 Å². The average molecular weight is 279 g/mol. The number of aromatic nitrogens is 4. The first-order valence-electron chi connectivity index (χ1n) is 5.71. The summed E-state index contributed by atoms with van der Waals surface area (Å²) in [6.07, 6.45) is 6.54. The number of hydrogen-bond acceptors (Lipinski definition) is 4. The lowest BCUT2D eigenvalue weighted by molar-refractivity contribution is 0.766. The monoisotopic (exact) mass is 278 g/mol. The van der Waals surface area contributed by atoms with Crippen molar-refractivity contribution in [3.05, 3.63) is 45.8 Å². The molecule has 0 aliphatic heterocycles. The van der Waals surface area contributed by atoms with Crippen LogP contribution in [-0.2, 0) is 12.8 Å². The Bertz CT molecular complexity index is 647. The zero-order valence-electron chi connectivity index (χ0n) is 9.58. The van der Waals surface area contributed by atoms with E-state index in [1.807, 2.05) is 10.6 Å². The third kappa shape index (κ3) is 2.23. The van der Waals surface area contributed by atoms with Gasteiger partial charge in [-0.25, -0.2) is 4.98 Å². The number of hydrogen-bond donors (Lipinski definition) is 0. The summed E-state index contributed by atoms with van der Waals surface area (Å²) in [7, 11) is 0. The van der Waals surface area contributed by atoms with Crippen molar-refractivity contribution in [3.8, 4) is 0 Å². The van der Waals surface area contributed by atoms with Crippen LogP contribution in [0.3, 0.4) is 0 Å². The van der Waals surface area contributed by atoms with Gasteiger partial charge in [0.1, 0.15) is 5.82 Å². The van der Waals surface area contributed by atoms with Gasteiger partial charge < -0.3 is 0 Å². The lowest BCUT2D eigenvalue weighted by Gasteiger charge is -1.99. The molecule has 0 bridgehead atoms. The first-order valence-corrected chi connectivity index (χ1v) is 6.97. The van der Waals surface area contributed by atoms with Gasteiger partial charge in [-0.2, -0.15) is 0 Å². The number of thiophene rings is 1. The molecule has 3 aromatic heterocycles. The summed E-state index contributed by atoms with van der Waals surface area (Å²) in [4.78, 5) is 5.39. The molecule has 18 heavy (non-hydrogen) atoms. The first-order chi connectivity index (χ1) is 8.84. The van der Waals surface area contributed by atoms with E-state index < -0.39 is 0 Å². The summed E-state index contributed by atoms with van der Waals surface area (Å²) in [5.41, 5.74) is 0.630. The molecule has 4 nitrogen and oxygen atoms in total. The van der Waals surface area contributed by atoms with Gasteiger partial charge in [0.25, 0.3) is 0 Å². The Kier molecular flexibility index (Phi) is 3.25. The van der Waals surface area contributed by atoms with Gasteiger partial charge in [0, 0.05) is 23.7 Å². The maximum Gasteiger partial charge on any atom is 0.198 e. The maximum atomic E-state index is 5.95. The second kappa shape index (κ2) is 5.04. The van der Waals surface area contributed by atoms with Crippen molar-refractivity contribution < 1.29 is 0 Å². The van der Waals surface area contributed by atoms with E-state index in [9.17, 15) is 0 Å². The molecule has 0 radical (unpaired) electrons. The molecule has 0 aromatic carbocycles. The molecule has 0 fully saturated rings. The Morgan fingerprint density at radius 2 is 2.22 bits per heavy atom.